The van der Waals surface area contributed by atoms with Crippen LogP contribution in [0.2, 0.25) is 0 Å². The Morgan fingerprint density at radius 2 is 2.00 bits per heavy atom. The van der Waals surface area contributed by atoms with Crippen LogP contribution in [0.4, 0.5) is 0 Å². The van der Waals surface area contributed by atoms with Crippen LogP contribution in [-0.2, 0) is 11.2 Å². The smallest absolute Gasteiger partial charge is 0.320 e. The minimum Gasteiger partial charge on any atom is -0.492 e. The molecule has 0 heterocycles. The fourth-order valence-electron chi connectivity index (χ4n) is 1.41. The van der Waals surface area contributed by atoms with E-state index in [1.54, 1.807) is 0 Å². The first-order valence-electron chi connectivity index (χ1n) is 5.84. The predicted octanol–water partition coefficient (Wildman–Crippen LogP) is 0.581. The molecule has 0 unspecified atom stereocenters. The topological polar surface area (TPSA) is 75.8 Å². The lowest BCUT2D eigenvalue weighted by atomic mass is 10.1. The molecule has 0 aliphatic rings. The standard InChI is InChI=1S/C13H20N2O3/c1-15(2)7-8-18-11-5-3-10(4-6-11)9-12(14)13(16)17/h3-6,12H,7-9,14H2,1-2H3,(H,16,17)/t12-/m0/s1. The summed E-state index contributed by atoms with van der Waals surface area (Å²) in [5, 5.41) is 8.71. The molecule has 3 N–H and O–H groups in total. The van der Waals surface area contributed by atoms with Gasteiger partial charge in [0.1, 0.15) is 18.4 Å². The molecule has 0 fully saturated rings. The van der Waals surface area contributed by atoms with Crippen molar-refractivity contribution in [1.82, 2.24) is 4.90 Å². The van der Waals surface area contributed by atoms with Gasteiger partial charge in [-0.05, 0) is 38.2 Å². The minimum absolute atomic E-state index is 0.327. The number of carboxylic acid groups (broad SMARTS) is 1. The van der Waals surface area contributed by atoms with E-state index in [-0.39, 0.29) is 0 Å². The lowest BCUT2D eigenvalue weighted by Gasteiger charge is -2.11. The Labute approximate surface area is 107 Å². The highest BCUT2D eigenvalue weighted by atomic mass is 16.5. The van der Waals surface area contributed by atoms with E-state index in [0.29, 0.717) is 13.0 Å². The molecule has 0 aliphatic carbocycles. The summed E-state index contributed by atoms with van der Waals surface area (Å²) >= 11 is 0. The number of aliphatic carboxylic acids is 1. The summed E-state index contributed by atoms with van der Waals surface area (Å²) in [6.07, 6.45) is 0.327. The molecular formula is C13H20N2O3. The number of rotatable bonds is 7. The van der Waals surface area contributed by atoms with Crippen LogP contribution in [0, 0.1) is 0 Å². The van der Waals surface area contributed by atoms with Crippen LogP contribution < -0.4 is 10.5 Å². The Kier molecular flexibility index (Phi) is 5.61. The molecule has 0 aliphatic heterocycles. The van der Waals surface area contributed by atoms with Crippen LogP contribution in [0.3, 0.4) is 0 Å². The molecule has 0 saturated carbocycles. The SMILES string of the molecule is CN(C)CCOc1ccc(C[C@H](N)C(=O)O)cc1. The van der Waals surface area contributed by atoms with Crippen molar-refractivity contribution in [3.63, 3.8) is 0 Å². The van der Waals surface area contributed by atoms with Crippen molar-refractivity contribution in [3.05, 3.63) is 29.8 Å². The third kappa shape index (κ3) is 5.16. The van der Waals surface area contributed by atoms with Crippen LogP contribution in [0.25, 0.3) is 0 Å². The molecule has 5 nitrogen and oxygen atoms in total. The van der Waals surface area contributed by atoms with Crippen LogP contribution in [0.15, 0.2) is 24.3 Å². The predicted molar refractivity (Wildman–Crippen MR) is 69.8 cm³/mol. The summed E-state index contributed by atoms with van der Waals surface area (Å²) in [5.74, 6) is -0.203. The first-order valence-corrected chi connectivity index (χ1v) is 5.84. The van der Waals surface area contributed by atoms with Gasteiger partial charge in [-0.1, -0.05) is 12.1 Å². The minimum atomic E-state index is -0.985. The quantitative estimate of drug-likeness (QED) is 0.742. The van der Waals surface area contributed by atoms with Gasteiger partial charge in [0, 0.05) is 6.54 Å². The number of hydrogen-bond acceptors (Lipinski definition) is 4. The third-order valence-electron chi connectivity index (χ3n) is 2.50. The fraction of sp³-hybridized carbons (Fsp3) is 0.462. The van der Waals surface area contributed by atoms with Gasteiger partial charge in [0.2, 0.25) is 0 Å². The highest BCUT2D eigenvalue weighted by molar-refractivity contribution is 5.73. The second-order valence-electron chi connectivity index (χ2n) is 4.44. The molecule has 100 valence electrons. The van der Waals surface area contributed by atoms with Crippen molar-refractivity contribution >= 4 is 5.97 Å². The van der Waals surface area contributed by atoms with E-state index in [1.165, 1.54) is 0 Å². The molecule has 1 atom stereocenters. The van der Waals surface area contributed by atoms with Gasteiger partial charge in [-0.25, -0.2) is 0 Å². The van der Waals surface area contributed by atoms with Crippen molar-refractivity contribution in [1.29, 1.82) is 0 Å². The molecule has 5 heteroatoms. The summed E-state index contributed by atoms with van der Waals surface area (Å²) in [4.78, 5) is 12.7. The summed E-state index contributed by atoms with van der Waals surface area (Å²) in [7, 11) is 3.97. The maximum atomic E-state index is 10.6. The van der Waals surface area contributed by atoms with Crippen LogP contribution in [0.1, 0.15) is 5.56 Å². The summed E-state index contributed by atoms with van der Waals surface area (Å²) in [6.45, 7) is 1.48. The Balaban J connectivity index is 2.44. The first kappa shape index (κ1) is 14.5. The van der Waals surface area contributed by atoms with Crippen molar-refractivity contribution in [2.24, 2.45) is 5.73 Å². The van der Waals surface area contributed by atoms with Crippen molar-refractivity contribution in [2.75, 3.05) is 27.2 Å². The van der Waals surface area contributed by atoms with E-state index < -0.39 is 12.0 Å². The molecule has 0 saturated heterocycles. The molecule has 0 spiro atoms. The zero-order chi connectivity index (χ0) is 13.5. The summed E-state index contributed by atoms with van der Waals surface area (Å²) in [6, 6.07) is 6.49. The molecule has 0 bridgehead atoms. The van der Waals surface area contributed by atoms with Gasteiger partial charge >= 0.3 is 5.97 Å². The number of carbonyl (C=O) groups is 1. The van der Waals surface area contributed by atoms with Gasteiger partial charge in [-0.15, -0.1) is 0 Å². The van der Waals surface area contributed by atoms with E-state index in [4.69, 9.17) is 15.6 Å². The van der Waals surface area contributed by atoms with Gasteiger partial charge in [0.05, 0.1) is 0 Å². The average molecular weight is 252 g/mol. The Hall–Kier alpha value is -1.59. The number of hydrogen-bond donors (Lipinski definition) is 2. The number of likely N-dealkylation sites (N-methyl/N-ethyl adjacent to an activating group) is 1. The van der Waals surface area contributed by atoms with Crippen LogP contribution in [-0.4, -0.2) is 49.3 Å². The third-order valence-corrected chi connectivity index (χ3v) is 2.50. The molecular weight excluding hydrogens is 232 g/mol. The van der Waals surface area contributed by atoms with Gasteiger partial charge < -0.3 is 20.5 Å². The molecule has 0 aromatic heterocycles. The lowest BCUT2D eigenvalue weighted by molar-refractivity contribution is -0.138. The number of benzene rings is 1. The largest absolute Gasteiger partial charge is 0.492 e. The molecule has 1 aromatic carbocycles. The van der Waals surface area contributed by atoms with Crippen LogP contribution >= 0.6 is 0 Å². The number of nitrogens with zero attached hydrogens (tertiary/aromatic N) is 1. The number of ether oxygens (including phenoxy) is 1. The monoisotopic (exact) mass is 252 g/mol. The Bertz CT molecular complexity index is 376. The van der Waals surface area contributed by atoms with Crippen molar-refractivity contribution in [3.8, 4) is 5.75 Å². The van der Waals surface area contributed by atoms with Crippen LogP contribution in [0.5, 0.6) is 5.75 Å². The summed E-state index contributed by atoms with van der Waals surface area (Å²) in [5.41, 5.74) is 6.36. The second-order valence-corrected chi connectivity index (χ2v) is 4.44. The lowest BCUT2D eigenvalue weighted by Crippen LogP contribution is -2.32. The number of carboxylic acids is 1. The second kappa shape index (κ2) is 6.98. The molecule has 1 aromatic rings. The Morgan fingerprint density at radius 1 is 1.39 bits per heavy atom. The maximum absolute atomic E-state index is 10.6. The van der Waals surface area contributed by atoms with E-state index >= 15 is 0 Å². The normalized spacial score (nSPS) is 12.4. The highest BCUT2D eigenvalue weighted by Crippen LogP contribution is 2.13. The van der Waals surface area contributed by atoms with Crippen molar-refractivity contribution < 1.29 is 14.6 Å². The molecule has 18 heavy (non-hydrogen) atoms. The molecule has 1 rings (SSSR count). The van der Waals surface area contributed by atoms with E-state index in [2.05, 4.69) is 0 Å². The van der Waals surface area contributed by atoms with E-state index in [0.717, 1.165) is 17.9 Å². The number of nitrogens with two attached hydrogens (primary N) is 1. The zero-order valence-corrected chi connectivity index (χ0v) is 10.8. The van der Waals surface area contributed by atoms with Crippen molar-refractivity contribution in [2.45, 2.75) is 12.5 Å². The molecule has 0 amide bonds. The summed E-state index contributed by atoms with van der Waals surface area (Å²) < 4.78 is 5.54. The Morgan fingerprint density at radius 3 is 2.50 bits per heavy atom. The highest BCUT2D eigenvalue weighted by Gasteiger charge is 2.11. The average Bonchev–Trinajstić information content (AvgIpc) is 2.30. The van der Waals surface area contributed by atoms with Gasteiger partial charge in [0.15, 0.2) is 0 Å². The fourth-order valence-corrected chi connectivity index (χ4v) is 1.41. The van der Waals surface area contributed by atoms with E-state index in [1.807, 2.05) is 43.3 Å². The zero-order valence-electron chi connectivity index (χ0n) is 10.8. The van der Waals surface area contributed by atoms with E-state index in [9.17, 15) is 4.79 Å². The molecule has 0 radical (unpaired) electrons. The van der Waals surface area contributed by atoms with Gasteiger partial charge in [-0.2, -0.15) is 0 Å². The maximum Gasteiger partial charge on any atom is 0.320 e. The van der Waals surface area contributed by atoms with Gasteiger partial charge in [-0.3, -0.25) is 4.79 Å². The van der Waals surface area contributed by atoms with Gasteiger partial charge in [0.25, 0.3) is 0 Å². The first-order chi connectivity index (χ1) is 8.49.